The van der Waals surface area contributed by atoms with E-state index >= 15 is 0 Å². The minimum atomic E-state index is -4.52. The van der Waals surface area contributed by atoms with Crippen LogP contribution in [0.25, 0.3) is 33.5 Å². The molecule has 36 heavy (non-hydrogen) atoms. The van der Waals surface area contributed by atoms with Gasteiger partial charge in [-0.25, -0.2) is 9.97 Å². The number of fused-ring (bicyclic) bond motifs is 1. The molecule has 0 aliphatic rings. The third kappa shape index (κ3) is 4.78. The summed E-state index contributed by atoms with van der Waals surface area (Å²) in [5.41, 5.74) is 4.06. The maximum Gasteiger partial charge on any atom is 0.416 e. The summed E-state index contributed by atoms with van der Waals surface area (Å²) in [5, 5.41) is 2.36. The molecule has 0 atom stereocenters. The Hall–Kier alpha value is -4.23. The van der Waals surface area contributed by atoms with Gasteiger partial charge in [0.2, 0.25) is 0 Å². The Kier molecular flexibility index (Phi) is 6.16. The lowest BCUT2D eigenvalue weighted by Gasteiger charge is -2.12. The van der Waals surface area contributed by atoms with Gasteiger partial charge in [-0.2, -0.15) is 13.2 Å². The molecule has 1 N–H and O–H groups in total. The Bertz CT molecular complexity index is 1570. The van der Waals surface area contributed by atoms with Crippen LogP contribution in [0.4, 0.5) is 18.9 Å². The Morgan fingerprint density at radius 1 is 0.722 bits per heavy atom. The molecule has 0 fully saturated rings. The van der Waals surface area contributed by atoms with E-state index in [0.717, 1.165) is 40.4 Å². The fourth-order valence-electron chi connectivity index (χ4n) is 3.77. The van der Waals surface area contributed by atoms with Crippen LogP contribution in [0.15, 0.2) is 97.1 Å². The molecule has 0 bridgehead atoms. The SMILES string of the molecule is O=C(Nc1ccc(C(F)(F)F)cc1Cl)c1ccc(-c2nc3ccccc3nc2-c2ccccc2)cc1. The van der Waals surface area contributed by atoms with E-state index in [0.29, 0.717) is 17.0 Å². The van der Waals surface area contributed by atoms with Crippen molar-refractivity contribution in [2.24, 2.45) is 0 Å². The van der Waals surface area contributed by atoms with Crippen molar-refractivity contribution in [3.8, 4) is 22.5 Å². The molecule has 0 aliphatic heterocycles. The van der Waals surface area contributed by atoms with Gasteiger partial charge < -0.3 is 5.32 Å². The standard InChI is InChI=1S/C28H17ClF3N3O/c29-21-16-20(28(30,31)32)14-15-22(21)35-27(36)19-12-10-18(11-13-19)26-25(17-6-2-1-3-7-17)33-23-8-4-5-9-24(23)34-26/h1-16H,(H,35,36). The summed E-state index contributed by atoms with van der Waals surface area (Å²) in [7, 11) is 0. The fourth-order valence-corrected chi connectivity index (χ4v) is 3.99. The first-order valence-electron chi connectivity index (χ1n) is 10.9. The van der Waals surface area contributed by atoms with Gasteiger partial charge in [-0.05, 0) is 42.5 Å². The Labute approximate surface area is 209 Å². The number of carbonyl (C=O) groups excluding carboxylic acids is 1. The number of hydrogen-bond acceptors (Lipinski definition) is 3. The van der Waals surface area contributed by atoms with Crippen LogP contribution >= 0.6 is 11.6 Å². The second-order valence-corrected chi connectivity index (χ2v) is 8.41. The van der Waals surface area contributed by atoms with Crippen molar-refractivity contribution < 1.29 is 18.0 Å². The minimum absolute atomic E-state index is 0.0884. The maximum absolute atomic E-state index is 12.9. The monoisotopic (exact) mass is 503 g/mol. The molecule has 5 aromatic rings. The first-order chi connectivity index (χ1) is 17.3. The molecule has 0 radical (unpaired) electrons. The van der Waals surface area contributed by atoms with Gasteiger partial charge >= 0.3 is 6.18 Å². The maximum atomic E-state index is 12.9. The number of benzene rings is 4. The predicted molar refractivity (Wildman–Crippen MR) is 135 cm³/mol. The average Bonchev–Trinajstić information content (AvgIpc) is 2.89. The molecule has 1 amide bonds. The van der Waals surface area contributed by atoms with Crippen molar-refractivity contribution in [2.75, 3.05) is 5.32 Å². The van der Waals surface area contributed by atoms with Crippen molar-refractivity contribution in [3.05, 3.63) is 113 Å². The number of amides is 1. The zero-order valence-electron chi connectivity index (χ0n) is 18.6. The van der Waals surface area contributed by atoms with Gasteiger partial charge in [-0.3, -0.25) is 4.79 Å². The highest BCUT2D eigenvalue weighted by atomic mass is 35.5. The van der Waals surface area contributed by atoms with Crippen molar-refractivity contribution in [1.82, 2.24) is 9.97 Å². The lowest BCUT2D eigenvalue weighted by atomic mass is 10.0. The molecule has 1 heterocycles. The van der Waals surface area contributed by atoms with Crippen LogP contribution in [0, 0.1) is 0 Å². The summed E-state index contributed by atoms with van der Waals surface area (Å²) in [5.74, 6) is -0.504. The van der Waals surface area contributed by atoms with Crippen molar-refractivity contribution >= 4 is 34.2 Å². The number of halogens is 4. The van der Waals surface area contributed by atoms with E-state index in [2.05, 4.69) is 5.32 Å². The van der Waals surface area contributed by atoms with Gasteiger partial charge in [-0.15, -0.1) is 0 Å². The fraction of sp³-hybridized carbons (Fsp3) is 0.0357. The van der Waals surface area contributed by atoms with Crippen molar-refractivity contribution in [1.29, 1.82) is 0 Å². The zero-order valence-corrected chi connectivity index (χ0v) is 19.3. The molecular formula is C28H17ClF3N3O. The van der Waals surface area contributed by atoms with Gasteiger partial charge in [0, 0.05) is 16.7 Å². The highest BCUT2D eigenvalue weighted by Crippen LogP contribution is 2.34. The molecule has 0 saturated heterocycles. The topological polar surface area (TPSA) is 54.9 Å². The summed E-state index contributed by atoms with van der Waals surface area (Å²) in [6, 6.07) is 26.8. The summed E-state index contributed by atoms with van der Waals surface area (Å²) in [6.07, 6.45) is -4.52. The summed E-state index contributed by atoms with van der Waals surface area (Å²) >= 11 is 5.97. The molecule has 0 aliphatic carbocycles. The lowest BCUT2D eigenvalue weighted by Crippen LogP contribution is -2.13. The highest BCUT2D eigenvalue weighted by Gasteiger charge is 2.31. The van der Waals surface area contributed by atoms with Crippen LogP contribution < -0.4 is 5.32 Å². The molecule has 4 aromatic carbocycles. The van der Waals surface area contributed by atoms with Crippen LogP contribution in [-0.2, 0) is 6.18 Å². The third-order valence-electron chi connectivity index (χ3n) is 5.58. The van der Waals surface area contributed by atoms with Gasteiger partial charge in [0.25, 0.3) is 5.91 Å². The van der Waals surface area contributed by atoms with Crippen molar-refractivity contribution in [2.45, 2.75) is 6.18 Å². The molecular weight excluding hydrogens is 487 g/mol. The van der Waals surface area contributed by atoms with E-state index in [1.165, 1.54) is 0 Å². The lowest BCUT2D eigenvalue weighted by molar-refractivity contribution is -0.137. The van der Waals surface area contributed by atoms with Crippen molar-refractivity contribution in [3.63, 3.8) is 0 Å². The van der Waals surface area contributed by atoms with Crippen LogP contribution in [0.1, 0.15) is 15.9 Å². The molecule has 0 saturated carbocycles. The second kappa shape index (κ2) is 9.43. The van der Waals surface area contributed by atoms with E-state index in [-0.39, 0.29) is 10.7 Å². The molecule has 5 rings (SSSR count). The summed E-state index contributed by atoms with van der Waals surface area (Å²) in [4.78, 5) is 22.4. The number of aromatic nitrogens is 2. The largest absolute Gasteiger partial charge is 0.416 e. The van der Waals surface area contributed by atoms with E-state index in [9.17, 15) is 18.0 Å². The number of para-hydroxylation sites is 2. The molecule has 8 heteroatoms. The van der Waals surface area contributed by atoms with E-state index < -0.39 is 17.6 Å². The van der Waals surface area contributed by atoms with Crippen LogP contribution in [0.5, 0.6) is 0 Å². The number of nitrogens with zero attached hydrogens (tertiary/aromatic N) is 2. The van der Waals surface area contributed by atoms with Gasteiger partial charge in [0.1, 0.15) is 0 Å². The molecule has 0 spiro atoms. The zero-order chi connectivity index (χ0) is 25.3. The van der Waals surface area contributed by atoms with E-state index in [4.69, 9.17) is 21.6 Å². The quantitative estimate of drug-likeness (QED) is 0.271. The first kappa shape index (κ1) is 23.5. The minimum Gasteiger partial charge on any atom is -0.321 e. The molecule has 0 unspecified atom stereocenters. The summed E-state index contributed by atoms with van der Waals surface area (Å²) < 4.78 is 38.6. The number of nitrogens with one attached hydrogen (secondary N) is 1. The number of anilines is 1. The smallest absolute Gasteiger partial charge is 0.321 e. The molecule has 4 nitrogen and oxygen atoms in total. The Morgan fingerprint density at radius 2 is 1.28 bits per heavy atom. The Balaban J connectivity index is 1.46. The number of hydrogen-bond donors (Lipinski definition) is 1. The first-order valence-corrected chi connectivity index (χ1v) is 11.3. The third-order valence-corrected chi connectivity index (χ3v) is 5.90. The predicted octanol–water partition coefficient (Wildman–Crippen LogP) is 7.89. The number of alkyl halides is 3. The number of carbonyl (C=O) groups is 1. The van der Waals surface area contributed by atoms with Crippen LogP contribution in [0.2, 0.25) is 5.02 Å². The number of rotatable bonds is 4. The van der Waals surface area contributed by atoms with Gasteiger partial charge in [-0.1, -0.05) is 66.2 Å². The Morgan fingerprint density at radius 3 is 1.83 bits per heavy atom. The van der Waals surface area contributed by atoms with E-state index in [1.807, 2.05) is 54.6 Å². The normalized spacial score (nSPS) is 11.4. The summed E-state index contributed by atoms with van der Waals surface area (Å²) in [6.45, 7) is 0. The van der Waals surface area contributed by atoms with Gasteiger partial charge in [0.15, 0.2) is 0 Å². The second-order valence-electron chi connectivity index (χ2n) is 8.00. The van der Waals surface area contributed by atoms with Crippen LogP contribution in [0.3, 0.4) is 0 Å². The van der Waals surface area contributed by atoms with E-state index in [1.54, 1.807) is 24.3 Å². The van der Waals surface area contributed by atoms with Crippen LogP contribution in [-0.4, -0.2) is 15.9 Å². The van der Waals surface area contributed by atoms with Gasteiger partial charge in [0.05, 0.1) is 38.7 Å². The average molecular weight is 504 g/mol. The molecule has 178 valence electrons. The molecule has 1 aromatic heterocycles. The highest BCUT2D eigenvalue weighted by molar-refractivity contribution is 6.34.